The lowest BCUT2D eigenvalue weighted by Crippen LogP contribution is -2.15. The first kappa shape index (κ1) is 24.6. The quantitative estimate of drug-likeness (QED) is 0.458. The highest BCUT2D eigenvalue weighted by Crippen LogP contribution is 2.34. The highest BCUT2D eigenvalue weighted by atomic mass is 19.4. The second kappa shape index (κ2) is 9.59. The van der Waals surface area contributed by atoms with Crippen molar-refractivity contribution < 1.29 is 27.5 Å². The van der Waals surface area contributed by atoms with Crippen molar-refractivity contribution in [3.05, 3.63) is 64.4 Å². The Bertz CT molecular complexity index is 1270. The molecular formula is C25H25F3N4O3. The molecule has 0 atom stereocenters. The molecule has 4 rings (SSSR count). The molecule has 35 heavy (non-hydrogen) atoms. The molecule has 184 valence electrons. The summed E-state index contributed by atoms with van der Waals surface area (Å²) in [7, 11) is 1.25. The molecule has 1 saturated carbocycles. The Morgan fingerprint density at radius 1 is 1.11 bits per heavy atom. The molecule has 0 N–H and O–H groups in total. The van der Waals surface area contributed by atoms with Crippen LogP contribution in [0.3, 0.4) is 0 Å². The summed E-state index contributed by atoms with van der Waals surface area (Å²) in [5.41, 5.74) is 2.54. The molecule has 1 fully saturated rings. The van der Waals surface area contributed by atoms with Crippen LogP contribution in [0.15, 0.2) is 30.7 Å². The van der Waals surface area contributed by atoms with E-state index in [1.54, 1.807) is 13.1 Å². The Labute approximate surface area is 200 Å². The number of aryl methyl sites for hydroxylation is 1. The van der Waals surface area contributed by atoms with Crippen LogP contribution in [0, 0.1) is 13.8 Å². The number of alkyl halides is 3. The first-order valence-electron chi connectivity index (χ1n) is 11.2. The molecule has 1 aliphatic rings. The molecule has 0 radical (unpaired) electrons. The number of hydrogen-bond acceptors (Lipinski definition) is 6. The van der Waals surface area contributed by atoms with E-state index in [-0.39, 0.29) is 29.7 Å². The monoisotopic (exact) mass is 486 g/mol. The number of nitrogens with zero attached hydrogens (tertiary/aromatic N) is 4. The van der Waals surface area contributed by atoms with E-state index in [1.807, 2.05) is 13.0 Å². The average Bonchev–Trinajstić information content (AvgIpc) is 3.20. The van der Waals surface area contributed by atoms with Gasteiger partial charge in [0, 0.05) is 43.3 Å². The fraction of sp³-hybridized carbons (Fsp3) is 0.400. The van der Waals surface area contributed by atoms with Gasteiger partial charge in [0.05, 0.1) is 30.1 Å². The number of rotatable bonds is 6. The first-order chi connectivity index (χ1) is 16.6. The number of hydrogen-bond donors (Lipinski definition) is 0. The molecule has 10 heteroatoms. The van der Waals surface area contributed by atoms with Gasteiger partial charge in [0.2, 0.25) is 0 Å². The van der Waals surface area contributed by atoms with Crippen molar-refractivity contribution in [2.24, 2.45) is 0 Å². The van der Waals surface area contributed by atoms with Crippen molar-refractivity contribution in [1.82, 2.24) is 19.7 Å². The summed E-state index contributed by atoms with van der Waals surface area (Å²) in [4.78, 5) is 33.0. The fourth-order valence-electron chi connectivity index (χ4n) is 4.46. The van der Waals surface area contributed by atoms with Gasteiger partial charge in [-0.1, -0.05) is 6.07 Å². The number of methoxy groups -OCH3 is 1. The minimum absolute atomic E-state index is 0.0601. The van der Waals surface area contributed by atoms with Crippen LogP contribution < -0.4 is 4.74 Å². The zero-order chi connectivity index (χ0) is 25.3. The van der Waals surface area contributed by atoms with E-state index in [0.717, 1.165) is 35.7 Å². The molecule has 3 aromatic rings. The zero-order valence-corrected chi connectivity index (χ0v) is 19.6. The minimum Gasteiger partial charge on any atom is -0.493 e. The van der Waals surface area contributed by atoms with Gasteiger partial charge in [-0.15, -0.1) is 0 Å². The fourth-order valence-corrected chi connectivity index (χ4v) is 4.46. The standard InChI is InChI=1S/C25H25F3N4O3/c1-14-8-16(11-29-23(14)17-4-6-19(33)7-5-17)9-21(34)20-13-31-32(15(20)2)24-22(35-3)10-18(12-30-24)25(26,27)28/h8,10-13,17H,4-7,9H2,1-3H3. The summed E-state index contributed by atoms with van der Waals surface area (Å²) in [5, 5.41) is 4.18. The Balaban J connectivity index is 1.54. The highest BCUT2D eigenvalue weighted by Gasteiger charge is 2.32. The largest absolute Gasteiger partial charge is 0.493 e. The highest BCUT2D eigenvalue weighted by molar-refractivity contribution is 5.98. The predicted molar refractivity (Wildman–Crippen MR) is 121 cm³/mol. The van der Waals surface area contributed by atoms with Crippen molar-refractivity contribution in [1.29, 1.82) is 0 Å². The van der Waals surface area contributed by atoms with E-state index in [2.05, 4.69) is 15.1 Å². The summed E-state index contributed by atoms with van der Waals surface area (Å²) < 4.78 is 45.5. The number of ketones is 2. The Morgan fingerprint density at radius 2 is 1.83 bits per heavy atom. The van der Waals surface area contributed by atoms with Gasteiger partial charge in [-0.3, -0.25) is 14.6 Å². The Kier molecular flexibility index (Phi) is 6.73. The number of ether oxygens (including phenoxy) is 1. The Morgan fingerprint density at radius 3 is 2.46 bits per heavy atom. The molecule has 0 aliphatic heterocycles. The molecule has 3 heterocycles. The maximum absolute atomic E-state index is 13.0. The lowest BCUT2D eigenvalue weighted by atomic mass is 9.84. The van der Waals surface area contributed by atoms with Crippen molar-refractivity contribution in [3.63, 3.8) is 0 Å². The third kappa shape index (κ3) is 5.11. The maximum Gasteiger partial charge on any atom is 0.418 e. The Hall–Kier alpha value is -3.56. The molecule has 0 amide bonds. The molecule has 0 saturated heterocycles. The van der Waals surface area contributed by atoms with Crippen molar-refractivity contribution >= 4 is 11.6 Å². The molecular weight excluding hydrogens is 461 g/mol. The second-order valence-electron chi connectivity index (χ2n) is 8.76. The predicted octanol–water partition coefficient (Wildman–Crippen LogP) is 4.96. The van der Waals surface area contributed by atoms with E-state index in [0.29, 0.717) is 36.1 Å². The van der Waals surface area contributed by atoms with Crippen molar-refractivity contribution in [3.8, 4) is 11.6 Å². The summed E-state index contributed by atoms with van der Waals surface area (Å²) >= 11 is 0. The number of halogens is 3. The topological polar surface area (TPSA) is 87.0 Å². The third-order valence-corrected chi connectivity index (χ3v) is 6.36. The SMILES string of the molecule is COc1cc(C(F)(F)F)cnc1-n1ncc(C(=O)Cc2cnc(C3CCC(=O)CC3)c(C)c2)c1C. The van der Waals surface area contributed by atoms with E-state index in [9.17, 15) is 22.8 Å². The van der Waals surface area contributed by atoms with Crippen LogP contribution in [0.1, 0.15) is 70.0 Å². The van der Waals surface area contributed by atoms with Gasteiger partial charge in [-0.25, -0.2) is 9.67 Å². The van der Waals surface area contributed by atoms with Crippen LogP contribution in [0.2, 0.25) is 0 Å². The zero-order valence-electron chi connectivity index (χ0n) is 19.6. The van der Waals surface area contributed by atoms with E-state index >= 15 is 0 Å². The van der Waals surface area contributed by atoms with Gasteiger partial charge in [0.25, 0.3) is 0 Å². The maximum atomic E-state index is 13.0. The minimum atomic E-state index is -4.56. The number of carbonyl (C=O) groups is 2. The lowest BCUT2D eigenvalue weighted by Gasteiger charge is -2.22. The van der Waals surface area contributed by atoms with Crippen LogP contribution >= 0.6 is 0 Å². The van der Waals surface area contributed by atoms with E-state index < -0.39 is 11.7 Å². The summed E-state index contributed by atoms with van der Waals surface area (Å²) in [6.45, 7) is 3.61. The number of Topliss-reactive ketones (excluding diaryl/α,β-unsaturated/α-hetero) is 2. The first-order valence-corrected chi connectivity index (χ1v) is 11.2. The third-order valence-electron chi connectivity index (χ3n) is 6.36. The summed E-state index contributed by atoms with van der Waals surface area (Å²) in [6, 6.07) is 2.79. The van der Waals surface area contributed by atoms with E-state index in [4.69, 9.17) is 4.74 Å². The smallest absolute Gasteiger partial charge is 0.418 e. The van der Waals surface area contributed by atoms with Gasteiger partial charge in [0.1, 0.15) is 5.78 Å². The van der Waals surface area contributed by atoms with Crippen LogP contribution in [0.5, 0.6) is 5.75 Å². The summed E-state index contributed by atoms with van der Waals surface area (Å²) in [6.07, 6.45) is 2.06. The van der Waals surface area contributed by atoms with Gasteiger partial charge in [-0.05, 0) is 43.9 Å². The van der Waals surface area contributed by atoms with Crippen molar-refractivity contribution in [2.45, 2.75) is 58.0 Å². The van der Waals surface area contributed by atoms with Crippen LogP contribution in [0.25, 0.3) is 5.82 Å². The van der Waals surface area contributed by atoms with E-state index in [1.165, 1.54) is 18.0 Å². The molecule has 7 nitrogen and oxygen atoms in total. The average molecular weight is 486 g/mol. The van der Waals surface area contributed by atoms with Crippen LogP contribution in [-0.2, 0) is 17.4 Å². The molecule has 0 aromatic carbocycles. The van der Waals surface area contributed by atoms with Crippen LogP contribution in [0.4, 0.5) is 13.2 Å². The summed E-state index contributed by atoms with van der Waals surface area (Å²) in [5.74, 6) is 0.303. The second-order valence-corrected chi connectivity index (χ2v) is 8.76. The van der Waals surface area contributed by atoms with Gasteiger partial charge < -0.3 is 4.74 Å². The molecule has 1 aliphatic carbocycles. The lowest BCUT2D eigenvalue weighted by molar-refractivity contribution is -0.138. The van der Waals surface area contributed by atoms with Gasteiger partial charge in [0.15, 0.2) is 17.4 Å². The normalized spacial score (nSPS) is 14.9. The van der Waals surface area contributed by atoms with Crippen LogP contribution in [-0.4, -0.2) is 38.4 Å². The number of carbonyl (C=O) groups excluding carboxylic acids is 2. The molecule has 3 aromatic heterocycles. The molecule has 0 spiro atoms. The van der Waals surface area contributed by atoms with Gasteiger partial charge >= 0.3 is 6.18 Å². The number of pyridine rings is 2. The molecule has 0 unspecified atom stereocenters. The number of aromatic nitrogens is 4. The van der Waals surface area contributed by atoms with Gasteiger partial charge in [-0.2, -0.15) is 18.3 Å². The molecule has 0 bridgehead atoms. The van der Waals surface area contributed by atoms with Crippen molar-refractivity contribution in [2.75, 3.05) is 7.11 Å².